The van der Waals surface area contributed by atoms with Crippen LogP contribution in [0.4, 0.5) is 0 Å². The molecule has 5 heteroatoms. The molecule has 104 valence electrons. The van der Waals surface area contributed by atoms with Gasteiger partial charge in [-0.3, -0.25) is 9.59 Å². The summed E-state index contributed by atoms with van der Waals surface area (Å²) in [4.78, 5) is 25.2. The van der Waals surface area contributed by atoms with Gasteiger partial charge in [-0.05, 0) is 19.3 Å². The number of rotatable bonds is 8. The fourth-order valence-corrected chi connectivity index (χ4v) is 2.05. The van der Waals surface area contributed by atoms with E-state index in [2.05, 4.69) is 12.2 Å². The van der Waals surface area contributed by atoms with Crippen LogP contribution in [0.1, 0.15) is 39.5 Å². The number of amides is 2. The number of carbonyl (C=O) groups is 2. The average Bonchev–Trinajstić information content (AvgIpc) is 2.34. The molecule has 1 N–H and O–H groups in total. The van der Waals surface area contributed by atoms with E-state index < -0.39 is 0 Å². The minimum Gasteiger partial charge on any atom is -0.381 e. The van der Waals surface area contributed by atoms with Gasteiger partial charge in [-0.2, -0.15) is 0 Å². The Morgan fingerprint density at radius 2 is 2.06 bits per heavy atom. The zero-order chi connectivity index (χ0) is 13.4. The van der Waals surface area contributed by atoms with Gasteiger partial charge in [0.2, 0.25) is 11.8 Å². The number of carbonyl (C=O) groups excluding carboxylic acids is 2. The fraction of sp³-hybridized carbons (Fsp3) is 0.846. The van der Waals surface area contributed by atoms with Crippen LogP contribution in [0.25, 0.3) is 0 Å². The van der Waals surface area contributed by atoms with E-state index in [0.717, 1.165) is 25.9 Å². The second-order valence-corrected chi connectivity index (χ2v) is 4.63. The molecule has 1 aliphatic heterocycles. The van der Waals surface area contributed by atoms with Crippen molar-refractivity contribution in [3.05, 3.63) is 0 Å². The third-order valence-electron chi connectivity index (χ3n) is 2.92. The predicted molar refractivity (Wildman–Crippen MR) is 69.1 cm³/mol. The summed E-state index contributed by atoms with van der Waals surface area (Å²) in [5, 5.41) is 2.75. The molecule has 0 saturated carbocycles. The van der Waals surface area contributed by atoms with E-state index in [1.807, 2.05) is 6.92 Å². The van der Waals surface area contributed by atoms with Gasteiger partial charge in [-0.15, -0.1) is 0 Å². The quantitative estimate of drug-likeness (QED) is 0.657. The maximum Gasteiger partial charge on any atom is 0.245 e. The van der Waals surface area contributed by atoms with Crippen LogP contribution in [0.5, 0.6) is 0 Å². The molecule has 2 amide bonds. The molecule has 18 heavy (non-hydrogen) atoms. The normalized spacial score (nSPS) is 20.1. The van der Waals surface area contributed by atoms with Gasteiger partial charge in [-0.1, -0.05) is 20.3 Å². The van der Waals surface area contributed by atoms with Crippen molar-refractivity contribution in [3.8, 4) is 0 Å². The van der Waals surface area contributed by atoms with Gasteiger partial charge in [0.15, 0.2) is 0 Å². The minimum absolute atomic E-state index is 0.0481. The average molecular weight is 256 g/mol. The molecule has 0 radical (unpaired) electrons. The van der Waals surface area contributed by atoms with Crippen molar-refractivity contribution in [1.82, 2.24) is 10.2 Å². The number of nitrogens with one attached hydrogen (secondary N) is 1. The first-order valence-corrected chi connectivity index (χ1v) is 6.85. The summed E-state index contributed by atoms with van der Waals surface area (Å²) in [5.41, 5.74) is 0. The highest BCUT2D eigenvalue weighted by atomic mass is 16.5. The summed E-state index contributed by atoms with van der Waals surface area (Å²) in [5.74, 6) is -0.00512. The first-order chi connectivity index (χ1) is 8.69. The Labute approximate surface area is 109 Å². The van der Waals surface area contributed by atoms with Gasteiger partial charge in [0.25, 0.3) is 0 Å². The van der Waals surface area contributed by atoms with Gasteiger partial charge in [0.1, 0.15) is 6.04 Å². The molecule has 0 aliphatic carbocycles. The first kappa shape index (κ1) is 15.0. The van der Waals surface area contributed by atoms with Crippen LogP contribution < -0.4 is 5.32 Å². The van der Waals surface area contributed by atoms with Gasteiger partial charge in [-0.25, -0.2) is 0 Å². The lowest BCUT2D eigenvalue weighted by molar-refractivity contribution is -0.144. The Hall–Kier alpha value is -1.10. The third kappa shape index (κ3) is 4.64. The summed E-state index contributed by atoms with van der Waals surface area (Å²) in [7, 11) is 0. The molecular formula is C13H24N2O3. The molecule has 1 heterocycles. The van der Waals surface area contributed by atoms with E-state index in [0.29, 0.717) is 19.6 Å². The van der Waals surface area contributed by atoms with E-state index >= 15 is 0 Å². The summed E-state index contributed by atoms with van der Waals surface area (Å²) < 4.78 is 5.37. The van der Waals surface area contributed by atoms with Gasteiger partial charge in [0.05, 0.1) is 6.54 Å². The highest BCUT2D eigenvalue weighted by molar-refractivity contribution is 5.94. The Kier molecular flexibility index (Phi) is 6.72. The van der Waals surface area contributed by atoms with Crippen LogP contribution in [0.15, 0.2) is 0 Å². The number of hydrogen-bond acceptors (Lipinski definition) is 3. The summed E-state index contributed by atoms with van der Waals surface area (Å²) >= 11 is 0. The van der Waals surface area contributed by atoms with Crippen molar-refractivity contribution in [2.24, 2.45) is 0 Å². The zero-order valence-corrected chi connectivity index (χ0v) is 11.4. The monoisotopic (exact) mass is 256 g/mol. The SMILES string of the molecule is CCCOCCCN1CC(=O)NC(CCC)C1=O. The Balaban J connectivity index is 2.34. The maximum absolute atomic E-state index is 12.1. The molecule has 0 aromatic rings. The molecular weight excluding hydrogens is 232 g/mol. The lowest BCUT2D eigenvalue weighted by Crippen LogP contribution is -2.58. The maximum atomic E-state index is 12.1. The Bertz CT molecular complexity index is 281. The van der Waals surface area contributed by atoms with E-state index in [1.54, 1.807) is 4.90 Å². The minimum atomic E-state index is -0.326. The molecule has 1 aliphatic rings. The smallest absolute Gasteiger partial charge is 0.245 e. The summed E-state index contributed by atoms with van der Waals surface area (Å²) in [6, 6.07) is -0.326. The lowest BCUT2D eigenvalue weighted by Gasteiger charge is -2.32. The molecule has 5 nitrogen and oxygen atoms in total. The molecule has 1 fully saturated rings. The van der Waals surface area contributed by atoms with Crippen molar-refractivity contribution in [3.63, 3.8) is 0 Å². The van der Waals surface area contributed by atoms with Gasteiger partial charge < -0.3 is 15.0 Å². The van der Waals surface area contributed by atoms with Crippen LogP contribution in [-0.2, 0) is 14.3 Å². The standard InChI is InChI=1S/C13H24N2O3/c1-3-6-11-13(17)15(10-12(16)14-11)7-5-9-18-8-4-2/h11H,3-10H2,1-2H3,(H,14,16). The number of ether oxygens (including phenoxy) is 1. The topological polar surface area (TPSA) is 58.6 Å². The summed E-state index contributed by atoms with van der Waals surface area (Å²) in [6.07, 6.45) is 3.40. The van der Waals surface area contributed by atoms with Crippen molar-refractivity contribution in [2.45, 2.75) is 45.6 Å². The molecule has 1 unspecified atom stereocenters. The third-order valence-corrected chi connectivity index (χ3v) is 2.92. The lowest BCUT2D eigenvalue weighted by atomic mass is 10.1. The van der Waals surface area contributed by atoms with Gasteiger partial charge in [0, 0.05) is 19.8 Å². The molecule has 0 bridgehead atoms. The van der Waals surface area contributed by atoms with E-state index in [9.17, 15) is 9.59 Å². The number of nitrogens with zero attached hydrogens (tertiary/aromatic N) is 1. The molecule has 1 saturated heterocycles. The fourth-order valence-electron chi connectivity index (χ4n) is 2.05. The molecule has 1 atom stereocenters. The van der Waals surface area contributed by atoms with Crippen LogP contribution in [0, 0.1) is 0 Å². The van der Waals surface area contributed by atoms with Crippen molar-refractivity contribution < 1.29 is 14.3 Å². The van der Waals surface area contributed by atoms with Gasteiger partial charge >= 0.3 is 0 Å². The molecule has 0 aromatic heterocycles. The predicted octanol–water partition coefficient (Wildman–Crippen LogP) is 0.930. The highest BCUT2D eigenvalue weighted by Crippen LogP contribution is 2.08. The second kappa shape index (κ2) is 8.08. The molecule has 0 spiro atoms. The van der Waals surface area contributed by atoms with Crippen molar-refractivity contribution >= 4 is 11.8 Å². The Morgan fingerprint density at radius 1 is 1.28 bits per heavy atom. The van der Waals surface area contributed by atoms with Crippen molar-refractivity contribution in [1.29, 1.82) is 0 Å². The highest BCUT2D eigenvalue weighted by Gasteiger charge is 2.31. The van der Waals surface area contributed by atoms with E-state index in [1.165, 1.54) is 0 Å². The first-order valence-electron chi connectivity index (χ1n) is 6.85. The van der Waals surface area contributed by atoms with Crippen LogP contribution in [0.2, 0.25) is 0 Å². The van der Waals surface area contributed by atoms with Crippen LogP contribution in [-0.4, -0.2) is 49.1 Å². The van der Waals surface area contributed by atoms with E-state index in [-0.39, 0.29) is 24.4 Å². The Morgan fingerprint density at radius 3 is 2.72 bits per heavy atom. The van der Waals surface area contributed by atoms with E-state index in [4.69, 9.17) is 4.74 Å². The van der Waals surface area contributed by atoms with Crippen LogP contribution >= 0.6 is 0 Å². The van der Waals surface area contributed by atoms with Crippen molar-refractivity contribution in [2.75, 3.05) is 26.3 Å². The largest absolute Gasteiger partial charge is 0.381 e. The summed E-state index contributed by atoms with van der Waals surface area (Å²) in [6.45, 7) is 6.28. The number of hydrogen-bond donors (Lipinski definition) is 1. The van der Waals surface area contributed by atoms with Crippen LogP contribution in [0.3, 0.4) is 0 Å². The number of piperazine rings is 1. The zero-order valence-electron chi connectivity index (χ0n) is 11.4. The molecule has 1 rings (SSSR count). The molecule has 0 aromatic carbocycles. The second-order valence-electron chi connectivity index (χ2n) is 4.63.